The lowest BCUT2D eigenvalue weighted by atomic mass is 10.3. The maximum Gasteiger partial charge on any atom is 0.194 e. The van der Waals surface area contributed by atoms with Crippen molar-refractivity contribution in [3.05, 3.63) is 47.8 Å². The maximum absolute atomic E-state index is 13.1. The summed E-state index contributed by atoms with van der Waals surface area (Å²) in [4.78, 5) is 4.18. The number of hydrogen-bond donors (Lipinski definition) is 2. The Morgan fingerprint density at radius 3 is 2.32 bits per heavy atom. The highest BCUT2D eigenvalue weighted by Crippen LogP contribution is 2.21. The van der Waals surface area contributed by atoms with Crippen LogP contribution in [0.1, 0.15) is 6.92 Å². The molecule has 0 bridgehead atoms. The van der Waals surface area contributed by atoms with E-state index < -0.39 is 17.5 Å². The van der Waals surface area contributed by atoms with Gasteiger partial charge in [0.15, 0.2) is 17.5 Å². The highest BCUT2D eigenvalue weighted by molar-refractivity contribution is 5.58. The molecule has 0 aliphatic carbocycles. The minimum Gasteiger partial charge on any atom is -0.370 e. The summed E-state index contributed by atoms with van der Waals surface area (Å²) in [6, 6.07) is 6.89. The molecule has 0 atom stereocenters. The van der Waals surface area contributed by atoms with Crippen LogP contribution in [-0.2, 0) is 0 Å². The first kappa shape index (κ1) is 13.2. The molecule has 0 saturated carbocycles. The predicted octanol–water partition coefficient (Wildman–Crippen LogP) is 3.67. The molecular formula is C13H12F3N3. The molecule has 0 spiro atoms. The van der Waals surface area contributed by atoms with Gasteiger partial charge in [0.25, 0.3) is 0 Å². The summed E-state index contributed by atoms with van der Waals surface area (Å²) in [5, 5.41) is 5.72. The molecule has 1 aromatic carbocycles. The first-order chi connectivity index (χ1) is 9.10. The van der Waals surface area contributed by atoms with E-state index in [1.807, 2.05) is 6.92 Å². The number of aromatic nitrogens is 1. The minimum atomic E-state index is -1.49. The third-order valence-corrected chi connectivity index (χ3v) is 2.36. The number of rotatable bonds is 4. The summed E-state index contributed by atoms with van der Waals surface area (Å²) < 4.78 is 38.9. The average Bonchev–Trinajstić information content (AvgIpc) is 2.37. The van der Waals surface area contributed by atoms with Gasteiger partial charge in [0.05, 0.1) is 0 Å². The van der Waals surface area contributed by atoms with Crippen molar-refractivity contribution in [1.29, 1.82) is 0 Å². The normalized spacial score (nSPS) is 10.3. The highest BCUT2D eigenvalue weighted by atomic mass is 19.2. The number of halogens is 3. The third kappa shape index (κ3) is 3.15. The van der Waals surface area contributed by atoms with Crippen LogP contribution in [0.15, 0.2) is 30.3 Å². The Kier molecular flexibility index (Phi) is 3.89. The Labute approximate surface area is 108 Å². The monoisotopic (exact) mass is 267 g/mol. The SMILES string of the molecule is CCNc1cccc(Nc2cc(F)c(F)c(F)c2)n1. The van der Waals surface area contributed by atoms with E-state index in [-0.39, 0.29) is 5.69 Å². The molecule has 2 N–H and O–H groups in total. The molecule has 1 heterocycles. The summed E-state index contributed by atoms with van der Waals surface area (Å²) >= 11 is 0. The molecule has 0 saturated heterocycles. The Bertz CT molecular complexity index is 564. The number of benzene rings is 1. The zero-order valence-electron chi connectivity index (χ0n) is 10.2. The fourth-order valence-electron chi connectivity index (χ4n) is 1.56. The van der Waals surface area contributed by atoms with Gasteiger partial charge in [0, 0.05) is 24.4 Å². The summed E-state index contributed by atoms with van der Waals surface area (Å²) in [6.45, 7) is 2.63. The van der Waals surface area contributed by atoms with Crippen molar-refractivity contribution in [3.63, 3.8) is 0 Å². The number of nitrogens with zero attached hydrogens (tertiary/aromatic N) is 1. The Morgan fingerprint density at radius 2 is 1.68 bits per heavy atom. The first-order valence-corrected chi connectivity index (χ1v) is 5.72. The Morgan fingerprint density at radius 1 is 1.05 bits per heavy atom. The van der Waals surface area contributed by atoms with Crippen LogP contribution in [0.2, 0.25) is 0 Å². The summed E-state index contributed by atoms with van der Waals surface area (Å²) in [7, 11) is 0. The molecule has 1 aromatic heterocycles. The van der Waals surface area contributed by atoms with Gasteiger partial charge in [-0.2, -0.15) is 0 Å². The van der Waals surface area contributed by atoms with Gasteiger partial charge in [-0.05, 0) is 19.1 Å². The quantitative estimate of drug-likeness (QED) is 0.830. The van der Waals surface area contributed by atoms with Crippen LogP contribution in [0, 0.1) is 17.5 Å². The Hall–Kier alpha value is -2.24. The van der Waals surface area contributed by atoms with Crippen molar-refractivity contribution < 1.29 is 13.2 Å². The van der Waals surface area contributed by atoms with E-state index >= 15 is 0 Å². The topological polar surface area (TPSA) is 37.0 Å². The lowest BCUT2D eigenvalue weighted by Crippen LogP contribution is -2.02. The maximum atomic E-state index is 13.1. The number of pyridine rings is 1. The van der Waals surface area contributed by atoms with E-state index in [2.05, 4.69) is 15.6 Å². The fourth-order valence-corrected chi connectivity index (χ4v) is 1.56. The van der Waals surface area contributed by atoms with Gasteiger partial charge in [-0.3, -0.25) is 0 Å². The van der Waals surface area contributed by atoms with Crippen molar-refractivity contribution in [1.82, 2.24) is 4.98 Å². The Balaban J connectivity index is 2.23. The average molecular weight is 267 g/mol. The molecular weight excluding hydrogens is 255 g/mol. The van der Waals surface area contributed by atoms with Crippen LogP contribution in [0.5, 0.6) is 0 Å². The number of hydrogen-bond acceptors (Lipinski definition) is 3. The van der Waals surface area contributed by atoms with Crippen LogP contribution in [-0.4, -0.2) is 11.5 Å². The van der Waals surface area contributed by atoms with Gasteiger partial charge >= 0.3 is 0 Å². The smallest absolute Gasteiger partial charge is 0.194 e. The number of anilines is 3. The van der Waals surface area contributed by atoms with Crippen LogP contribution in [0.25, 0.3) is 0 Å². The van der Waals surface area contributed by atoms with Gasteiger partial charge in [-0.15, -0.1) is 0 Å². The molecule has 0 aliphatic rings. The van der Waals surface area contributed by atoms with Gasteiger partial charge in [0.1, 0.15) is 11.6 Å². The number of nitrogens with one attached hydrogen (secondary N) is 2. The third-order valence-electron chi connectivity index (χ3n) is 2.36. The van der Waals surface area contributed by atoms with Crippen LogP contribution in [0.4, 0.5) is 30.5 Å². The molecule has 19 heavy (non-hydrogen) atoms. The lowest BCUT2D eigenvalue weighted by molar-refractivity contribution is 0.448. The van der Waals surface area contributed by atoms with Gasteiger partial charge in [-0.25, -0.2) is 18.2 Å². The van der Waals surface area contributed by atoms with Crippen LogP contribution < -0.4 is 10.6 Å². The van der Waals surface area contributed by atoms with Crippen LogP contribution >= 0.6 is 0 Å². The zero-order valence-corrected chi connectivity index (χ0v) is 10.2. The van der Waals surface area contributed by atoms with Crippen molar-refractivity contribution in [2.45, 2.75) is 6.92 Å². The molecule has 0 fully saturated rings. The molecule has 2 aromatic rings. The predicted molar refractivity (Wildman–Crippen MR) is 68.0 cm³/mol. The second kappa shape index (κ2) is 5.60. The molecule has 0 unspecified atom stereocenters. The van der Waals surface area contributed by atoms with E-state index in [4.69, 9.17) is 0 Å². The minimum absolute atomic E-state index is 0.0950. The van der Waals surface area contributed by atoms with E-state index in [1.54, 1.807) is 18.2 Å². The van der Waals surface area contributed by atoms with E-state index in [0.29, 0.717) is 18.2 Å². The van der Waals surface area contributed by atoms with E-state index in [1.165, 1.54) is 0 Å². The van der Waals surface area contributed by atoms with Gasteiger partial charge < -0.3 is 10.6 Å². The standard InChI is InChI=1S/C13H12F3N3/c1-2-17-11-4-3-5-12(19-11)18-8-6-9(14)13(16)10(15)7-8/h3-7H,2H2,1H3,(H2,17,18,19). The highest BCUT2D eigenvalue weighted by Gasteiger charge is 2.10. The van der Waals surface area contributed by atoms with Crippen molar-refractivity contribution in [3.8, 4) is 0 Å². The molecule has 0 radical (unpaired) electrons. The zero-order chi connectivity index (χ0) is 13.8. The van der Waals surface area contributed by atoms with Crippen molar-refractivity contribution in [2.24, 2.45) is 0 Å². The fraction of sp³-hybridized carbons (Fsp3) is 0.154. The molecule has 0 amide bonds. The van der Waals surface area contributed by atoms with Gasteiger partial charge in [-0.1, -0.05) is 6.07 Å². The second-order valence-corrected chi connectivity index (χ2v) is 3.82. The molecule has 3 nitrogen and oxygen atoms in total. The molecule has 6 heteroatoms. The lowest BCUT2D eigenvalue weighted by Gasteiger charge is -2.08. The molecule has 2 rings (SSSR count). The van der Waals surface area contributed by atoms with Crippen LogP contribution in [0.3, 0.4) is 0 Å². The van der Waals surface area contributed by atoms with Crippen molar-refractivity contribution in [2.75, 3.05) is 17.2 Å². The second-order valence-electron chi connectivity index (χ2n) is 3.82. The van der Waals surface area contributed by atoms with E-state index in [9.17, 15) is 13.2 Å². The first-order valence-electron chi connectivity index (χ1n) is 5.72. The van der Waals surface area contributed by atoms with E-state index in [0.717, 1.165) is 12.1 Å². The summed E-state index contributed by atoms with van der Waals surface area (Å²) in [6.07, 6.45) is 0. The molecule has 0 aliphatic heterocycles. The molecule has 100 valence electrons. The van der Waals surface area contributed by atoms with Gasteiger partial charge in [0.2, 0.25) is 0 Å². The summed E-state index contributed by atoms with van der Waals surface area (Å²) in [5.74, 6) is -2.94. The van der Waals surface area contributed by atoms with Crippen molar-refractivity contribution >= 4 is 17.3 Å². The summed E-state index contributed by atoms with van der Waals surface area (Å²) in [5.41, 5.74) is 0.0950. The largest absolute Gasteiger partial charge is 0.370 e.